The van der Waals surface area contributed by atoms with Crippen LogP contribution in [0.5, 0.6) is 5.75 Å². The number of rotatable bonds is 8. The Balaban J connectivity index is 1.65. The molecule has 0 atom stereocenters. The number of nitrogens with zero attached hydrogens (tertiary/aromatic N) is 1. The molecule has 0 N–H and O–H groups in total. The van der Waals surface area contributed by atoms with Gasteiger partial charge in [-0.15, -0.1) is 0 Å². The summed E-state index contributed by atoms with van der Waals surface area (Å²) in [5.74, 6) is -0.169. The van der Waals surface area contributed by atoms with Crippen LogP contribution < -0.4 is 4.74 Å². The van der Waals surface area contributed by atoms with Crippen molar-refractivity contribution in [2.24, 2.45) is 0 Å². The number of halogens is 1. The highest BCUT2D eigenvalue weighted by Crippen LogP contribution is 2.15. The van der Waals surface area contributed by atoms with E-state index in [4.69, 9.17) is 21.1 Å². The van der Waals surface area contributed by atoms with Crippen molar-refractivity contribution in [2.45, 2.75) is 0 Å². The van der Waals surface area contributed by atoms with E-state index >= 15 is 0 Å². The molecule has 0 unspecified atom stereocenters. The summed E-state index contributed by atoms with van der Waals surface area (Å²) in [4.78, 5) is 25.0. The minimum Gasteiger partial charge on any atom is -0.492 e. The first-order valence-electron chi connectivity index (χ1n) is 7.54. The molecule has 0 bridgehead atoms. The SMILES string of the molecule is CN(CCOc1ccc(Cl)cc1)C(=O)COC(=O)/C=C/c1ccsc1. The molecule has 1 aromatic carbocycles. The van der Waals surface area contributed by atoms with Gasteiger partial charge < -0.3 is 14.4 Å². The second-order valence-electron chi connectivity index (χ2n) is 5.12. The zero-order valence-corrected chi connectivity index (χ0v) is 15.3. The maximum Gasteiger partial charge on any atom is 0.331 e. The average Bonchev–Trinajstić information content (AvgIpc) is 3.13. The fourth-order valence-corrected chi connectivity index (χ4v) is 2.54. The van der Waals surface area contributed by atoms with Gasteiger partial charge in [-0.3, -0.25) is 4.79 Å². The molecule has 0 spiro atoms. The summed E-state index contributed by atoms with van der Waals surface area (Å²) in [5, 5.41) is 4.45. The predicted molar refractivity (Wildman–Crippen MR) is 98.9 cm³/mol. The van der Waals surface area contributed by atoms with Gasteiger partial charge in [0.1, 0.15) is 12.4 Å². The van der Waals surface area contributed by atoms with E-state index in [1.807, 2.05) is 16.8 Å². The van der Waals surface area contributed by atoms with Crippen LogP contribution in [0.3, 0.4) is 0 Å². The lowest BCUT2D eigenvalue weighted by Gasteiger charge is -2.17. The van der Waals surface area contributed by atoms with Crippen LogP contribution in [0.1, 0.15) is 5.56 Å². The fraction of sp³-hybridized carbons (Fsp3) is 0.222. The third-order valence-corrected chi connectivity index (χ3v) is 4.18. The first kappa shape index (κ1) is 19.0. The zero-order chi connectivity index (χ0) is 18.1. The minimum absolute atomic E-state index is 0.294. The molecule has 0 saturated heterocycles. The zero-order valence-electron chi connectivity index (χ0n) is 13.7. The number of carbonyl (C=O) groups is 2. The summed E-state index contributed by atoms with van der Waals surface area (Å²) in [6.07, 6.45) is 2.95. The highest BCUT2D eigenvalue weighted by molar-refractivity contribution is 7.08. The smallest absolute Gasteiger partial charge is 0.331 e. The van der Waals surface area contributed by atoms with Crippen LogP contribution in [-0.4, -0.2) is 43.6 Å². The van der Waals surface area contributed by atoms with Gasteiger partial charge in [-0.25, -0.2) is 4.79 Å². The highest BCUT2D eigenvalue weighted by Gasteiger charge is 2.11. The normalized spacial score (nSPS) is 10.6. The van der Waals surface area contributed by atoms with E-state index in [-0.39, 0.29) is 12.5 Å². The number of benzene rings is 1. The molecule has 7 heteroatoms. The van der Waals surface area contributed by atoms with Gasteiger partial charge >= 0.3 is 5.97 Å². The minimum atomic E-state index is -0.551. The maximum atomic E-state index is 11.9. The van der Waals surface area contributed by atoms with Gasteiger partial charge in [0.2, 0.25) is 0 Å². The lowest BCUT2D eigenvalue weighted by atomic mass is 10.3. The number of hydrogen-bond acceptors (Lipinski definition) is 5. The molecule has 25 heavy (non-hydrogen) atoms. The standard InChI is InChI=1S/C18H18ClNO4S/c1-20(9-10-23-16-5-3-15(19)4-6-16)17(21)12-24-18(22)7-2-14-8-11-25-13-14/h2-8,11,13H,9-10,12H2,1H3/b7-2+. The number of hydrogen-bond donors (Lipinski definition) is 0. The summed E-state index contributed by atoms with van der Waals surface area (Å²) < 4.78 is 10.4. The average molecular weight is 380 g/mol. The summed E-state index contributed by atoms with van der Waals surface area (Å²) in [5.41, 5.74) is 0.921. The molecule has 1 aromatic heterocycles. The molecule has 5 nitrogen and oxygen atoms in total. The van der Waals surface area contributed by atoms with Crippen LogP contribution >= 0.6 is 22.9 Å². The van der Waals surface area contributed by atoms with Crippen molar-refractivity contribution in [1.82, 2.24) is 4.90 Å². The number of carbonyl (C=O) groups excluding carboxylic acids is 2. The van der Waals surface area contributed by atoms with Crippen LogP contribution in [0.4, 0.5) is 0 Å². The Morgan fingerprint density at radius 3 is 2.68 bits per heavy atom. The van der Waals surface area contributed by atoms with E-state index in [0.717, 1.165) is 5.56 Å². The molecule has 2 rings (SSSR count). The maximum absolute atomic E-state index is 11.9. The van der Waals surface area contributed by atoms with E-state index in [1.165, 1.54) is 22.3 Å². The van der Waals surface area contributed by atoms with Gasteiger partial charge in [0.05, 0.1) is 6.54 Å². The van der Waals surface area contributed by atoms with Crippen LogP contribution in [-0.2, 0) is 14.3 Å². The van der Waals surface area contributed by atoms with Crippen LogP contribution in [0.15, 0.2) is 47.2 Å². The van der Waals surface area contributed by atoms with E-state index < -0.39 is 5.97 Å². The van der Waals surface area contributed by atoms with Crippen LogP contribution in [0.25, 0.3) is 6.08 Å². The van der Waals surface area contributed by atoms with Gasteiger partial charge in [0.25, 0.3) is 5.91 Å². The van der Waals surface area contributed by atoms with Gasteiger partial charge in [0, 0.05) is 18.1 Å². The van der Waals surface area contributed by atoms with E-state index in [0.29, 0.717) is 23.9 Å². The number of esters is 1. The Bertz CT molecular complexity index is 713. The summed E-state index contributed by atoms with van der Waals surface area (Å²) >= 11 is 7.33. The number of thiophene rings is 1. The lowest BCUT2D eigenvalue weighted by Crippen LogP contribution is -2.34. The Kier molecular flexibility index (Phi) is 7.50. The first-order chi connectivity index (χ1) is 12.0. The van der Waals surface area contributed by atoms with Crippen molar-refractivity contribution in [3.63, 3.8) is 0 Å². The molecule has 0 aliphatic heterocycles. The predicted octanol–water partition coefficient (Wildman–Crippen LogP) is 3.50. The molecule has 2 aromatic rings. The highest BCUT2D eigenvalue weighted by atomic mass is 35.5. The van der Waals surface area contributed by atoms with Crippen molar-refractivity contribution in [1.29, 1.82) is 0 Å². The lowest BCUT2D eigenvalue weighted by molar-refractivity contribution is -0.147. The van der Waals surface area contributed by atoms with Crippen molar-refractivity contribution >= 4 is 40.9 Å². The topological polar surface area (TPSA) is 55.8 Å². The molecule has 132 valence electrons. The monoisotopic (exact) mass is 379 g/mol. The molecule has 0 saturated carbocycles. The Labute approximate surface area is 155 Å². The quantitative estimate of drug-likeness (QED) is 0.520. The molecule has 0 fully saturated rings. The molecule has 1 heterocycles. The second-order valence-corrected chi connectivity index (χ2v) is 6.33. The first-order valence-corrected chi connectivity index (χ1v) is 8.86. The van der Waals surface area contributed by atoms with Crippen LogP contribution in [0, 0.1) is 0 Å². The molecular formula is C18H18ClNO4S. The van der Waals surface area contributed by atoms with Crippen molar-refractivity contribution < 1.29 is 19.1 Å². The molecule has 0 aliphatic rings. The van der Waals surface area contributed by atoms with E-state index in [2.05, 4.69) is 0 Å². The number of amides is 1. The Hall–Kier alpha value is -2.31. The van der Waals surface area contributed by atoms with Gasteiger partial charge in [-0.2, -0.15) is 11.3 Å². The largest absolute Gasteiger partial charge is 0.492 e. The van der Waals surface area contributed by atoms with Crippen molar-refractivity contribution in [3.8, 4) is 5.75 Å². The number of ether oxygens (including phenoxy) is 2. The van der Waals surface area contributed by atoms with Crippen molar-refractivity contribution in [2.75, 3.05) is 26.8 Å². The molecular weight excluding hydrogens is 362 g/mol. The third kappa shape index (κ3) is 6.99. The number of likely N-dealkylation sites (N-methyl/N-ethyl adjacent to an activating group) is 1. The van der Waals surface area contributed by atoms with E-state index in [9.17, 15) is 9.59 Å². The van der Waals surface area contributed by atoms with Crippen molar-refractivity contribution in [3.05, 3.63) is 57.8 Å². The second kappa shape index (κ2) is 9.86. The van der Waals surface area contributed by atoms with Gasteiger partial charge in [0.15, 0.2) is 6.61 Å². The fourth-order valence-electron chi connectivity index (χ4n) is 1.78. The van der Waals surface area contributed by atoms with Gasteiger partial charge in [-0.1, -0.05) is 11.6 Å². The molecule has 1 amide bonds. The van der Waals surface area contributed by atoms with E-state index in [1.54, 1.807) is 37.4 Å². The Morgan fingerprint density at radius 1 is 1.24 bits per heavy atom. The summed E-state index contributed by atoms with van der Waals surface area (Å²) in [7, 11) is 1.63. The Morgan fingerprint density at radius 2 is 2.00 bits per heavy atom. The summed E-state index contributed by atoms with van der Waals surface area (Å²) in [6.45, 7) is 0.407. The molecule has 0 radical (unpaired) electrons. The van der Waals surface area contributed by atoms with Gasteiger partial charge in [-0.05, 0) is 52.7 Å². The van der Waals surface area contributed by atoms with Crippen LogP contribution in [0.2, 0.25) is 5.02 Å². The summed E-state index contributed by atoms with van der Waals surface area (Å²) in [6, 6.07) is 8.86. The molecule has 0 aliphatic carbocycles. The third-order valence-electron chi connectivity index (χ3n) is 3.23.